The third-order valence-electron chi connectivity index (χ3n) is 4.22. The van der Waals surface area contributed by atoms with E-state index in [1.807, 2.05) is 24.3 Å². The van der Waals surface area contributed by atoms with Crippen molar-refractivity contribution < 1.29 is 23.9 Å². The number of hydrogen-bond acceptors (Lipinski definition) is 7. The van der Waals surface area contributed by atoms with Crippen molar-refractivity contribution in [2.75, 3.05) is 44.4 Å². The van der Waals surface area contributed by atoms with E-state index in [0.29, 0.717) is 37.7 Å². The van der Waals surface area contributed by atoms with Crippen LogP contribution in [0.5, 0.6) is 0 Å². The van der Waals surface area contributed by atoms with E-state index in [1.165, 1.54) is 23.1 Å². The molecule has 2 heterocycles. The Kier molecular flexibility index (Phi) is 7.84. The van der Waals surface area contributed by atoms with Crippen molar-refractivity contribution in [2.24, 2.45) is 4.99 Å². The predicted molar refractivity (Wildman–Crippen MR) is 112 cm³/mol. The summed E-state index contributed by atoms with van der Waals surface area (Å²) >= 11 is 2.59. The molecule has 0 unspecified atom stereocenters. The van der Waals surface area contributed by atoms with Crippen molar-refractivity contribution in [3.8, 4) is 0 Å². The number of amides is 2. The summed E-state index contributed by atoms with van der Waals surface area (Å²) < 4.78 is 12.9. The minimum absolute atomic E-state index is 0.00494. The summed E-state index contributed by atoms with van der Waals surface area (Å²) in [5.41, 5.74) is 0.826. The first-order chi connectivity index (χ1) is 14.1. The zero-order valence-electron chi connectivity index (χ0n) is 16.2. The van der Waals surface area contributed by atoms with Crippen LogP contribution in [0.2, 0.25) is 0 Å². The molecule has 3 rings (SSSR count). The molecule has 1 aromatic heterocycles. The van der Waals surface area contributed by atoms with Gasteiger partial charge in [0.15, 0.2) is 4.80 Å². The van der Waals surface area contributed by atoms with Gasteiger partial charge in [0.05, 0.1) is 41.5 Å². The molecule has 10 heteroatoms. The van der Waals surface area contributed by atoms with E-state index in [-0.39, 0.29) is 35.8 Å². The lowest BCUT2D eigenvalue weighted by atomic mass is 10.3. The second-order valence-electron chi connectivity index (χ2n) is 6.24. The van der Waals surface area contributed by atoms with Gasteiger partial charge in [-0.3, -0.25) is 14.4 Å². The van der Waals surface area contributed by atoms with Crippen molar-refractivity contribution in [3.63, 3.8) is 0 Å². The Labute approximate surface area is 176 Å². The molecule has 1 fully saturated rings. The molecule has 0 saturated carbocycles. The van der Waals surface area contributed by atoms with Crippen molar-refractivity contribution in [3.05, 3.63) is 29.1 Å². The van der Waals surface area contributed by atoms with Crippen LogP contribution >= 0.6 is 23.1 Å². The fourth-order valence-electron chi connectivity index (χ4n) is 2.86. The maximum Gasteiger partial charge on any atom is 0.326 e. The lowest BCUT2D eigenvalue weighted by Crippen LogP contribution is -2.41. The highest BCUT2D eigenvalue weighted by Gasteiger charge is 2.17. The number of hydrogen-bond donors (Lipinski definition) is 0. The highest BCUT2D eigenvalue weighted by molar-refractivity contribution is 8.00. The summed E-state index contributed by atoms with van der Waals surface area (Å²) in [6.07, 6.45) is 0. The molecule has 8 nitrogen and oxygen atoms in total. The number of ether oxygens (including phenoxy) is 2. The molecule has 2 amide bonds. The van der Waals surface area contributed by atoms with Gasteiger partial charge < -0.3 is 18.9 Å². The van der Waals surface area contributed by atoms with Gasteiger partial charge in [-0.1, -0.05) is 23.5 Å². The number of benzene rings is 1. The Balaban J connectivity index is 1.67. The van der Waals surface area contributed by atoms with E-state index in [1.54, 1.807) is 16.4 Å². The van der Waals surface area contributed by atoms with Gasteiger partial charge in [0.1, 0.15) is 6.54 Å². The lowest BCUT2D eigenvalue weighted by molar-refractivity contribution is -0.143. The normalized spacial score (nSPS) is 14.9. The molecule has 1 aromatic carbocycles. The van der Waals surface area contributed by atoms with Crippen LogP contribution in [-0.4, -0.2) is 71.7 Å². The Morgan fingerprint density at radius 1 is 1.21 bits per heavy atom. The number of esters is 1. The van der Waals surface area contributed by atoms with E-state index in [2.05, 4.69) is 4.99 Å². The van der Waals surface area contributed by atoms with Crippen molar-refractivity contribution in [1.82, 2.24) is 9.47 Å². The van der Waals surface area contributed by atoms with Gasteiger partial charge in [-0.2, -0.15) is 4.99 Å². The third-order valence-corrected chi connectivity index (χ3v) is 6.18. The summed E-state index contributed by atoms with van der Waals surface area (Å²) in [7, 11) is 0. The van der Waals surface area contributed by atoms with Gasteiger partial charge in [0.25, 0.3) is 5.91 Å². The summed E-state index contributed by atoms with van der Waals surface area (Å²) in [4.78, 5) is 42.9. The molecule has 2 aromatic rings. The Hall–Kier alpha value is -2.17. The second kappa shape index (κ2) is 10.6. The van der Waals surface area contributed by atoms with Crippen molar-refractivity contribution in [1.29, 1.82) is 0 Å². The largest absolute Gasteiger partial charge is 0.465 e. The van der Waals surface area contributed by atoms with Crippen LogP contribution in [-0.2, 0) is 30.4 Å². The molecule has 0 bridgehead atoms. The smallest absolute Gasteiger partial charge is 0.326 e. The Bertz CT molecular complexity index is 947. The summed E-state index contributed by atoms with van der Waals surface area (Å²) in [5, 5.41) is 0. The van der Waals surface area contributed by atoms with Crippen LogP contribution in [0.4, 0.5) is 0 Å². The van der Waals surface area contributed by atoms with Crippen LogP contribution in [0, 0.1) is 0 Å². The van der Waals surface area contributed by atoms with Gasteiger partial charge in [0, 0.05) is 13.1 Å². The SMILES string of the molecule is CCOC(=O)Cn1c(=NC(=O)CSCC(=O)N2CCOCC2)sc2ccccc21. The van der Waals surface area contributed by atoms with E-state index in [4.69, 9.17) is 9.47 Å². The lowest BCUT2D eigenvalue weighted by Gasteiger charge is -2.26. The second-order valence-corrected chi connectivity index (χ2v) is 8.23. The number of nitrogens with zero attached hydrogens (tertiary/aromatic N) is 3. The third kappa shape index (κ3) is 5.91. The van der Waals surface area contributed by atoms with E-state index < -0.39 is 0 Å². The number of morpholine rings is 1. The predicted octanol–water partition coefficient (Wildman–Crippen LogP) is 1.29. The first kappa shape index (κ1) is 21.5. The number of thioether (sulfide) groups is 1. The average molecular weight is 438 g/mol. The van der Waals surface area contributed by atoms with Crippen LogP contribution in [0.25, 0.3) is 10.2 Å². The molecule has 1 aliphatic heterocycles. The standard InChI is InChI=1S/C19H23N3O5S2/c1-2-27-18(25)11-22-14-5-3-4-6-15(14)29-19(22)20-16(23)12-28-13-17(24)21-7-9-26-10-8-21/h3-6H,2,7-13H2,1H3. The molecule has 0 radical (unpaired) electrons. The molecule has 0 atom stereocenters. The number of thiazole rings is 1. The Morgan fingerprint density at radius 3 is 2.72 bits per heavy atom. The average Bonchev–Trinajstić information content (AvgIpc) is 3.05. The molecule has 156 valence electrons. The molecule has 0 spiro atoms. The van der Waals surface area contributed by atoms with Crippen molar-refractivity contribution >= 4 is 51.1 Å². The molecular weight excluding hydrogens is 414 g/mol. The number of aromatic nitrogens is 1. The highest BCUT2D eigenvalue weighted by atomic mass is 32.2. The van der Waals surface area contributed by atoms with Crippen LogP contribution in [0.15, 0.2) is 29.3 Å². The van der Waals surface area contributed by atoms with Gasteiger partial charge >= 0.3 is 5.97 Å². The topological polar surface area (TPSA) is 90.2 Å². The zero-order chi connectivity index (χ0) is 20.6. The first-order valence-electron chi connectivity index (χ1n) is 9.33. The molecule has 0 N–H and O–H groups in total. The van der Waals surface area contributed by atoms with E-state index in [9.17, 15) is 14.4 Å². The quantitative estimate of drug-likeness (QED) is 0.607. The van der Waals surface area contributed by atoms with Crippen LogP contribution < -0.4 is 4.80 Å². The molecule has 1 aliphatic rings. The molecular formula is C19H23N3O5S2. The van der Waals surface area contributed by atoms with Crippen molar-refractivity contribution in [2.45, 2.75) is 13.5 Å². The fourth-order valence-corrected chi connectivity index (χ4v) is 4.61. The molecule has 1 saturated heterocycles. The zero-order valence-corrected chi connectivity index (χ0v) is 17.8. The van der Waals surface area contributed by atoms with Gasteiger partial charge in [-0.15, -0.1) is 11.8 Å². The number of carbonyl (C=O) groups is 3. The summed E-state index contributed by atoms with van der Waals surface area (Å²) in [5.74, 6) is -0.380. The number of para-hydroxylation sites is 1. The minimum Gasteiger partial charge on any atom is -0.465 e. The van der Waals surface area contributed by atoms with Gasteiger partial charge in [0.2, 0.25) is 5.91 Å². The number of rotatable bonds is 7. The summed E-state index contributed by atoms with van der Waals surface area (Å²) in [6, 6.07) is 7.56. The minimum atomic E-state index is -0.379. The van der Waals surface area contributed by atoms with Crippen LogP contribution in [0.3, 0.4) is 0 Å². The first-order valence-corrected chi connectivity index (χ1v) is 11.3. The van der Waals surface area contributed by atoms with Crippen LogP contribution in [0.1, 0.15) is 6.92 Å². The highest BCUT2D eigenvalue weighted by Crippen LogP contribution is 2.17. The number of fused-ring (bicyclic) bond motifs is 1. The monoisotopic (exact) mass is 437 g/mol. The summed E-state index contributed by atoms with van der Waals surface area (Å²) in [6.45, 7) is 4.32. The maximum atomic E-state index is 12.4. The Morgan fingerprint density at radius 2 is 1.97 bits per heavy atom. The molecule has 29 heavy (non-hydrogen) atoms. The van der Waals surface area contributed by atoms with E-state index in [0.717, 1.165) is 10.2 Å². The fraction of sp³-hybridized carbons (Fsp3) is 0.474. The molecule has 0 aliphatic carbocycles. The van der Waals surface area contributed by atoms with E-state index >= 15 is 0 Å². The van der Waals surface area contributed by atoms with Gasteiger partial charge in [-0.25, -0.2) is 0 Å². The number of carbonyl (C=O) groups excluding carboxylic acids is 3. The van der Waals surface area contributed by atoms with Gasteiger partial charge in [-0.05, 0) is 19.1 Å². The maximum absolute atomic E-state index is 12.4.